The van der Waals surface area contributed by atoms with Crippen LogP contribution < -0.4 is 0 Å². The van der Waals surface area contributed by atoms with Gasteiger partial charge < -0.3 is 0 Å². The van der Waals surface area contributed by atoms with E-state index in [4.69, 9.17) is 0 Å². The van der Waals surface area contributed by atoms with Crippen LogP contribution in [0.3, 0.4) is 0 Å². The Morgan fingerprint density at radius 1 is 1.25 bits per heavy atom. The highest BCUT2D eigenvalue weighted by molar-refractivity contribution is 5.91. The number of fused-ring (bicyclic) bond motifs is 7. The molecule has 5 aliphatic carbocycles. The minimum absolute atomic E-state index is 0.252. The first kappa shape index (κ1) is 15.2. The van der Waals surface area contributed by atoms with Gasteiger partial charge in [-0.25, -0.2) is 0 Å². The highest BCUT2D eigenvalue weighted by Crippen LogP contribution is 2.76. The Labute approximate surface area is 145 Å². The lowest BCUT2D eigenvalue weighted by Gasteiger charge is -2.60. The maximum Gasteiger partial charge on any atom is 0.155 e. The van der Waals surface area contributed by atoms with Crippen molar-refractivity contribution in [2.45, 2.75) is 59.3 Å². The van der Waals surface area contributed by atoms with Crippen LogP contribution in [0.2, 0.25) is 0 Å². The largest absolute Gasteiger partial charge is 0.295 e. The number of hydrogen-bond acceptors (Lipinski definition) is 2. The molecule has 0 N–H and O–H groups in total. The standard InChI is InChI=1S/C22H29NO/c1-12-8-13-9-14(24)4-6-21(13,2)17-5-7-22(3)18(11-23)15-10-16(15)20(22)19(12)17/h9,12,15-20H,4-8,10H2,1-3H3/t12-,15+,16-,17?,18+,19?,20?,21+,22-/m1/s1. The molecule has 0 aromatic carbocycles. The van der Waals surface area contributed by atoms with E-state index in [-0.39, 0.29) is 10.8 Å². The summed E-state index contributed by atoms with van der Waals surface area (Å²) in [4.78, 5) is 12.0. The molecule has 128 valence electrons. The van der Waals surface area contributed by atoms with Crippen LogP contribution in [0.4, 0.5) is 0 Å². The Balaban J connectivity index is 1.57. The van der Waals surface area contributed by atoms with Gasteiger partial charge in [-0.05, 0) is 84.5 Å². The Bertz CT molecular complexity index is 687. The quantitative estimate of drug-likeness (QED) is 0.645. The van der Waals surface area contributed by atoms with Gasteiger partial charge in [0.05, 0.1) is 12.0 Å². The maximum atomic E-state index is 12.0. The Kier molecular flexibility index (Phi) is 2.87. The maximum absolute atomic E-state index is 12.0. The van der Waals surface area contributed by atoms with E-state index in [1.165, 1.54) is 24.8 Å². The Morgan fingerprint density at radius 2 is 2.04 bits per heavy atom. The van der Waals surface area contributed by atoms with Crippen LogP contribution in [0.1, 0.15) is 59.3 Å². The average Bonchev–Trinajstić information content (AvgIpc) is 3.25. The van der Waals surface area contributed by atoms with Crippen LogP contribution in [0.25, 0.3) is 0 Å². The number of nitriles is 1. The van der Waals surface area contributed by atoms with E-state index in [0.29, 0.717) is 23.5 Å². The van der Waals surface area contributed by atoms with Gasteiger partial charge in [-0.3, -0.25) is 4.79 Å². The van der Waals surface area contributed by atoms with E-state index in [1.54, 1.807) is 0 Å². The van der Waals surface area contributed by atoms with E-state index >= 15 is 0 Å². The molecule has 0 amide bonds. The predicted octanol–water partition coefficient (Wildman–Crippen LogP) is 4.76. The van der Waals surface area contributed by atoms with Crippen molar-refractivity contribution in [1.82, 2.24) is 0 Å². The van der Waals surface area contributed by atoms with Crippen LogP contribution in [-0.2, 0) is 4.79 Å². The first-order chi connectivity index (χ1) is 11.4. The number of nitrogens with zero attached hydrogens (tertiary/aromatic N) is 1. The van der Waals surface area contributed by atoms with Gasteiger partial charge in [0.2, 0.25) is 0 Å². The van der Waals surface area contributed by atoms with Crippen molar-refractivity contribution in [1.29, 1.82) is 5.26 Å². The van der Waals surface area contributed by atoms with E-state index in [9.17, 15) is 10.1 Å². The third kappa shape index (κ3) is 1.65. The number of carbonyl (C=O) groups excluding carboxylic acids is 1. The lowest BCUT2D eigenvalue weighted by atomic mass is 9.44. The molecule has 3 unspecified atom stereocenters. The second-order valence-corrected chi connectivity index (χ2v) is 10.2. The molecule has 0 bridgehead atoms. The molecule has 5 rings (SSSR count). The molecular formula is C22H29NO. The second kappa shape index (κ2) is 4.54. The van der Waals surface area contributed by atoms with Gasteiger partial charge in [0.25, 0.3) is 0 Å². The lowest BCUT2D eigenvalue weighted by Crippen LogP contribution is -2.54. The number of rotatable bonds is 0. The topological polar surface area (TPSA) is 40.9 Å². The molecule has 0 aromatic rings. The first-order valence-electron chi connectivity index (χ1n) is 10.0. The molecule has 2 heteroatoms. The fraction of sp³-hybridized carbons (Fsp3) is 0.818. The van der Waals surface area contributed by atoms with Crippen molar-refractivity contribution in [2.75, 3.05) is 0 Å². The summed E-state index contributed by atoms with van der Waals surface area (Å²) < 4.78 is 0. The van der Waals surface area contributed by atoms with Crippen molar-refractivity contribution in [3.63, 3.8) is 0 Å². The van der Waals surface area contributed by atoms with Crippen LogP contribution >= 0.6 is 0 Å². The molecule has 0 aromatic heterocycles. The Hall–Kier alpha value is -1.10. The fourth-order valence-corrected chi connectivity index (χ4v) is 8.08. The van der Waals surface area contributed by atoms with Crippen LogP contribution in [-0.4, -0.2) is 5.78 Å². The monoisotopic (exact) mass is 323 g/mol. The summed E-state index contributed by atoms with van der Waals surface area (Å²) in [6, 6.07) is 2.72. The number of hydrogen-bond donors (Lipinski definition) is 0. The normalized spacial score (nSPS) is 57.8. The van der Waals surface area contributed by atoms with E-state index in [1.807, 2.05) is 6.08 Å². The van der Waals surface area contributed by atoms with Crippen LogP contribution in [0.15, 0.2) is 11.6 Å². The number of ketones is 1. The average molecular weight is 323 g/mol. The van der Waals surface area contributed by atoms with E-state index in [0.717, 1.165) is 42.9 Å². The molecule has 0 radical (unpaired) electrons. The number of carbonyl (C=O) groups is 1. The summed E-state index contributed by atoms with van der Waals surface area (Å²) >= 11 is 0. The molecule has 4 saturated carbocycles. The lowest BCUT2D eigenvalue weighted by molar-refractivity contribution is -0.119. The first-order valence-corrected chi connectivity index (χ1v) is 10.0. The predicted molar refractivity (Wildman–Crippen MR) is 92.7 cm³/mol. The molecule has 0 spiro atoms. The van der Waals surface area contributed by atoms with Gasteiger partial charge in [-0.2, -0.15) is 5.26 Å². The molecule has 2 nitrogen and oxygen atoms in total. The SMILES string of the molecule is C[C@@H]1CC2=CC(=O)CC[C@]2(C)C2CC[C@@]3(C)C(C21)[C@@H]1C[C@@H]1[C@@H]3C#N. The van der Waals surface area contributed by atoms with Gasteiger partial charge in [-0.15, -0.1) is 0 Å². The zero-order chi connectivity index (χ0) is 16.9. The zero-order valence-electron chi connectivity index (χ0n) is 15.2. The molecular weight excluding hydrogens is 294 g/mol. The zero-order valence-corrected chi connectivity index (χ0v) is 15.2. The van der Waals surface area contributed by atoms with Gasteiger partial charge >= 0.3 is 0 Å². The van der Waals surface area contributed by atoms with Crippen molar-refractivity contribution >= 4 is 5.78 Å². The van der Waals surface area contributed by atoms with Crippen molar-refractivity contribution < 1.29 is 4.79 Å². The summed E-state index contributed by atoms with van der Waals surface area (Å²) in [6.07, 6.45) is 8.74. The molecule has 9 atom stereocenters. The van der Waals surface area contributed by atoms with Crippen LogP contribution in [0, 0.1) is 63.6 Å². The van der Waals surface area contributed by atoms with Crippen molar-refractivity contribution in [2.24, 2.45) is 52.3 Å². The van der Waals surface area contributed by atoms with Crippen molar-refractivity contribution in [3.05, 3.63) is 11.6 Å². The minimum Gasteiger partial charge on any atom is -0.295 e. The Morgan fingerprint density at radius 3 is 2.79 bits per heavy atom. The number of allylic oxidation sites excluding steroid dienone is 1. The van der Waals surface area contributed by atoms with Gasteiger partial charge in [-0.1, -0.05) is 26.3 Å². The summed E-state index contributed by atoms with van der Waals surface area (Å²) in [7, 11) is 0. The molecule has 24 heavy (non-hydrogen) atoms. The highest BCUT2D eigenvalue weighted by Gasteiger charge is 2.71. The third-order valence-corrected chi connectivity index (χ3v) is 9.24. The molecule has 0 saturated heterocycles. The minimum atomic E-state index is 0.252. The summed E-state index contributed by atoms with van der Waals surface area (Å²) in [5.41, 5.74) is 1.97. The third-order valence-electron chi connectivity index (χ3n) is 9.24. The van der Waals surface area contributed by atoms with Gasteiger partial charge in [0, 0.05) is 6.42 Å². The van der Waals surface area contributed by atoms with Gasteiger partial charge in [0.15, 0.2) is 5.78 Å². The van der Waals surface area contributed by atoms with Gasteiger partial charge in [0.1, 0.15) is 0 Å². The van der Waals surface area contributed by atoms with E-state index in [2.05, 4.69) is 26.8 Å². The summed E-state index contributed by atoms with van der Waals surface area (Å²) in [5.74, 6) is 5.12. The smallest absolute Gasteiger partial charge is 0.155 e. The molecule has 4 fully saturated rings. The van der Waals surface area contributed by atoms with Crippen LogP contribution in [0.5, 0.6) is 0 Å². The van der Waals surface area contributed by atoms with Crippen molar-refractivity contribution in [3.8, 4) is 6.07 Å². The summed E-state index contributed by atoms with van der Waals surface area (Å²) in [6.45, 7) is 7.33. The molecule has 0 aliphatic heterocycles. The van der Waals surface area contributed by atoms with E-state index < -0.39 is 0 Å². The molecule has 5 aliphatic rings. The highest BCUT2D eigenvalue weighted by atomic mass is 16.1. The molecule has 0 heterocycles. The fourth-order valence-electron chi connectivity index (χ4n) is 8.08. The summed E-state index contributed by atoms with van der Waals surface area (Å²) in [5, 5.41) is 9.80. The second-order valence-electron chi connectivity index (χ2n) is 10.2.